The number of hydrogen-bond donors (Lipinski definition) is 0. The molecule has 3 heterocycles. The smallest absolute Gasteiger partial charge is 0.160 e. The Bertz CT molecular complexity index is 3080. The van der Waals surface area contributed by atoms with Crippen molar-refractivity contribution < 1.29 is 0 Å². The average molecular weight is 679 g/mol. The third-order valence-corrected chi connectivity index (χ3v) is 11.3. The molecule has 7 aromatic carbocycles. The minimum atomic E-state index is -0.214. The third kappa shape index (κ3) is 4.24. The molecule has 0 spiro atoms. The first kappa shape index (κ1) is 29.9. The van der Waals surface area contributed by atoms with E-state index < -0.39 is 0 Å². The zero-order chi connectivity index (χ0) is 35.3. The van der Waals surface area contributed by atoms with Crippen LogP contribution >= 0.6 is 0 Å². The lowest BCUT2D eigenvalue weighted by Gasteiger charge is -2.22. The average Bonchev–Trinajstić information content (AvgIpc) is 3.82. The molecule has 11 rings (SSSR count). The fourth-order valence-corrected chi connectivity index (χ4v) is 8.98. The second-order valence-electron chi connectivity index (χ2n) is 14.6. The molecule has 0 bridgehead atoms. The molecule has 0 saturated carbocycles. The van der Waals surface area contributed by atoms with E-state index >= 15 is 0 Å². The summed E-state index contributed by atoms with van der Waals surface area (Å²) in [6.07, 6.45) is 0. The Labute approximate surface area is 307 Å². The first-order valence-electron chi connectivity index (χ1n) is 18.3. The second kappa shape index (κ2) is 11.1. The van der Waals surface area contributed by atoms with Crippen molar-refractivity contribution >= 4 is 43.6 Å². The van der Waals surface area contributed by atoms with Crippen LogP contribution in [0.15, 0.2) is 170 Å². The van der Waals surface area contributed by atoms with Crippen molar-refractivity contribution in [2.75, 3.05) is 0 Å². The van der Waals surface area contributed by atoms with Gasteiger partial charge in [-0.15, -0.1) is 0 Å². The van der Waals surface area contributed by atoms with Crippen LogP contribution in [-0.4, -0.2) is 19.1 Å². The molecule has 250 valence electrons. The van der Waals surface area contributed by atoms with Crippen LogP contribution in [0.4, 0.5) is 0 Å². The van der Waals surface area contributed by atoms with Gasteiger partial charge in [0.2, 0.25) is 0 Å². The molecule has 0 fully saturated rings. The van der Waals surface area contributed by atoms with Gasteiger partial charge < -0.3 is 9.13 Å². The number of rotatable bonds is 4. The summed E-state index contributed by atoms with van der Waals surface area (Å²) in [4.78, 5) is 10.4. The van der Waals surface area contributed by atoms with E-state index in [0.717, 1.165) is 39.1 Å². The first-order valence-corrected chi connectivity index (χ1v) is 18.3. The zero-order valence-corrected chi connectivity index (χ0v) is 29.5. The first-order chi connectivity index (χ1) is 26.1. The lowest BCUT2D eigenvalue weighted by molar-refractivity contribution is 0.666. The third-order valence-electron chi connectivity index (χ3n) is 11.3. The Morgan fingerprint density at radius 2 is 1.17 bits per heavy atom. The predicted octanol–water partition coefficient (Wildman–Crippen LogP) is 12.3. The van der Waals surface area contributed by atoms with Crippen LogP contribution in [0.2, 0.25) is 0 Å². The molecule has 0 N–H and O–H groups in total. The highest BCUT2D eigenvalue weighted by Gasteiger charge is 2.41. The Morgan fingerprint density at radius 3 is 2.02 bits per heavy atom. The monoisotopic (exact) mass is 678 g/mol. The normalized spacial score (nSPS) is 13.2. The van der Waals surface area contributed by atoms with Gasteiger partial charge >= 0.3 is 0 Å². The Morgan fingerprint density at radius 1 is 0.491 bits per heavy atom. The molecule has 0 amide bonds. The molecule has 0 saturated heterocycles. The molecule has 0 aliphatic heterocycles. The van der Waals surface area contributed by atoms with E-state index in [1.807, 2.05) is 12.1 Å². The summed E-state index contributed by atoms with van der Waals surface area (Å²) >= 11 is 0. The molecule has 4 heteroatoms. The molecule has 1 aliphatic carbocycles. The molecule has 4 nitrogen and oxygen atoms in total. The lowest BCUT2D eigenvalue weighted by atomic mass is 9.81. The molecule has 0 atom stereocenters. The number of para-hydroxylation sites is 3. The van der Waals surface area contributed by atoms with E-state index in [1.54, 1.807) is 0 Å². The molecule has 3 aromatic heterocycles. The van der Waals surface area contributed by atoms with Gasteiger partial charge in [0.15, 0.2) is 5.82 Å². The van der Waals surface area contributed by atoms with Gasteiger partial charge in [0.25, 0.3) is 0 Å². The van der Waals surface area contributed by atoms with Crippen molar-refractivity contribution in [3.05, 3.63) is 181 Å². The number of benzene rings is 7. The fraction of sp³-hybridized carbons (Fsp3) is 0.0612. The summed E-state index contributed by atoms with van der Waals surface area (Å²) in [5.74, 6) is 0.711. The van der Waals surface area contributed by atoms with Gasteiger partial charge in [-0.2, -0.15) is 0 Å². The van der Waals surface area contributed by atoms with E-state index in [0.29, 0.717) is 5.82 Å². The van der Waals surface area contributed by atoms with Gasteiger partial charge in [-0.3, -0.25) is 0 Å². The minimum absolute atomic E-state index is 0.214. The zero-order valence-electron chi connectivity index (χ0n) is 29.5. The van der Waals surface area contributed by atoms with E-state index in [2.05, 4.69) is 181 Å². The number of nitrogens with zero attached hydrogens (tertiary/aromatic N) is 4. The summed E-state index contributed by atoms with van der Waals surface area (Å²) in [6.45, 7) is 4.78. The molecule has 53 heavy (non-hydrogen) atoms. The van der Waals surface area contributed by atoms with Crippen LogP contribution in [-0.2, 0) is 5.41 Å². The largest absolute Gasteiger partial charge is 0.309 e. The summed E-state index contributed by atoms with van der Waals surface area (Å²) < 4.78 is 4.97. The van der Waals surface area contributed by atoms with Crippen molar-refractivity contribution in [3.63, 3.8) is 0 Å². The van der Waals surface area contributed by atoms with Crippen LogP contribution in [0.1, 0.15) is 25.0 Å². The number of fused-ring (bicyclic) bond motifs is 10. The van der Waals surface area contributed by atoms with Crippen molar-refractivity contribution in [1.82, 2.24) is 19.1 Å². The summed E-state index contributed by atoms with van der Waals surface area (Å²) in [6, 6.07) is 60.7. The van der Waals surface area contributed by atoms with Crippen LogP contribution in [0.5, 0.6) is 0 Å². The quantitative estimate of drug-likeness (QED) is 0.186. The molecule has 0 radical (unpaired) electrons. The van der Waals surface area contributed by atoms with Crippen LogP contribution in [0.25, 0.3) is 88.9 Å². The van der Waals surface area contributed by atoms with Gasteiger partial charge in [-0.1, -0.05) is 141 Å². The highest BCUT2D eigenvalue weighted by Crippen LogP contribution is 2.55. The minimum Gasteiger partial charge on any atom is -0.309 e. The van der Waals surface area contributed by atoms with Crippen molar-refractivity contribution in [3.8, 4) is 45.3 Å². The standard InChI is InChI=1S/C49H34N4/c1-49(2)39-25-12-9-23-37(39)47-44(49)43-42(52(47)33-19-7-4-8-20-33)29-28-36-35-22-11-14-27-41(35)53(46(36)43)34-21-15-18-32(30-34)48-50-40-26-13-10-24-38(40)45(51-48)31-16-5-3-6-17-31/h3-30H,1-2H3. The fourth-order valence-electron chi connectivity index (χ4n) is 8.98. The SMILES string of the molecule is CC1(C)c2ccccc2-c2c1c1c(ccc3c4ccccc4n(-c4cccc(-c5nc(-c6ccccc6)c6ccccc6n5)c4)c31)n2-c1ccccc1. The van der Waals surface area contributed by atoms with Crippen molar-refractivity contribution in [1.29, 1.82) is 0 Å². The highest BCUT2D eigenvalue weighted by molar-refractivity contribution is 6.21. The van der Waals surface area contributed by atoms with Crippen LogP contribution < -0.4 is 0 Å². The molecule has 1 aliphatic rings. The van der Waals surface area contributed by atoms with Gasteiger partial charge in [-0.25, -0.2) is 9.97 Å². The van der Waals surface area contributed by atoms with E-state index in [-0.39, 0.29) is 5.41 Å². The maximum atomic E-state index is 5.24. The Balaban J connectivity index is 1.23. The maximum absolute atomic E-state index is 5.24. The van der Waals surface area contributed by atoms with Gasteiger partial charge in [0.1, 0.15) is 0 Å². The Kier molecular flexibility index (Phi) is 6.27. The molecule has 0 unspecified atom stereocenters. The van der Waals surface area contributed by atoms with Crippen LogP contribution in [0.3, 0.4) is 0 Å². The second-order valence-corrected chi connectivity index (χ2v) is 14.6. The van der Waals surface area contributed by atoms with Gasteiger partial charge in [0, 0.05) is 55.0 Å². The topological polar surface area (TPSA) is 35.6 Å². The summed E-state index contributed by atoms with van der Waals surface area (Å²) in [7, 11) is 0. The Hall–Kier alpha value is -6.78. The maximum Gasteiger partial charge on any atom is 0.160 e. The highest BCUT2D eigenvalue weighted by atomic mass is 15.0. The van der Waals surface area contributed by atoms with Crippen molar-refractivity contribution in [2.45, 2.75) is 19.3 Å². The van der Waals surface area contributed by atoms with Gasteiger partial charge in [0.05, 0.1) is 33.5 Å². The lowest BCUT2D eigenvalue weighted by Crippen LogP contribution is -2.15. The molecule has 10 aromatic rings. The van der Waals surface area contributed by atoms with Crippen LogP contribution in [0, 0.1) is 0 Å². The molecular formula is C49H34N4. The van der Waals surface area contributed by atoms with E-state index in [9.17, 15) is 0 Å². The van der Waals surface area contributed by atoms with E-state index in [4.69, 9.17) is 9.97 Å². The number of hydrogen-bond acceptors (Lipinski definition) is 2. The summed E-state index contributed by atoms with van der Waals surface area (Å²) in [5, 5.41) is 4.81. The number of aromatic nitrogens is 4. The summed E-state index contributed by atoms with van der Waals surface area (Å²) in [5.41, 5.74) is 14.9. The van der Waals surface area contributed by atoms with E-state index in [1.165, 1.54) is 55.1 Å². The van der Waals surface area contributed by atoms with Gasteiger partial charge in [-0.05, 0) is 53.6 Å². The van der Waals surface area contributed by atoms with Crippen molar-refractivity contribution in [2.24, 2.45) is 0 Å². The molecular weight excluding hydrogens is 645 g/mol. The predicted molar refractivity (Wildman–Crippen MR) is 219 cm³/mol.